The van der Waals surface area contributed by atoms with Crippen molar-refractivity contribution in [2.24, 2.45) is 0 Å². The molecule has 1 aromatic carbocycles. The van der Waals surface area contributed by atoms with Crippen LogP contribution in [0.1, 0.15) is 17.2 Å². The third kappa shape index (κ3) is 1.15. The van der Waals surface area contributed by atoms with E-state index in [0.29, 0.717) is 12.2 Å². The number of nitrogens with two attached hydrogens (primary N) is 1. The number of aliphatic carboxylic acids is 1. The first-order valence-electron chi connectivity index (χ1n) is 4.03. The maximum absolute atomic E-state index is 10.8. The number of fused-ring (bicyclic) bond motifs is 1. The Morgan fingerprint density at radius 1 is 1.62 bits per heavy atom. The van der Waals surface area contributed by atoms with E-state index in [2.05, 4.69) is 5.32 Å². The molecule has 1 unspecified atom stereocenters. The highest BCUT2D eigenvalue weighted by Gasteiger charge is 2.28. The van der Waals surface area contributed by atoms with Crippen LogP contribution in [0.5, 0.6) is 0 Å². The number of carbonyl (C=O) groups is 1. The van der Waals surface area contributed by atoms with Crippen molar-refractivity contribution in [2.75, 3.05) is 5.73 Å². The van der Waals surface area contributed by atoms with E-state index in [-0.39, 0.29) is 0 Å². The fourth-order valence-electron chi connectivity index (χ4n) is 1.63. The molecule has 0 radical (unpaired) electrons. The highest BCUT2D eigenvalue weighted by atomic mass is 16.4. The summed E-state index contributed by atoms with van der Waals surface area (Å²) in [7, 11) is 0. The molecule has 0 saturated heterocycles. The highest BCUT2D eigenvalue weighted by Crippen LogP contribution is 2.29. The first-order valence-corrected chi connectivity index (χ1v) is 4.03. The Hall–Kier alpha value is -1.55. The van der Waals surface area contributed by atoms with E-state index >= 15 is 0 Å². The van der Waals surface area contributed by atoms with Gasteiger partial charge in [0.25, 0.3) is 0 Å². The summed E-state index contributed by atoms with van der Waals surface area (Å²) in [4.78, 5) is 10.8. The van der Waals surface area contributed by atoms with Crippen LogP contribution in [0.4, 0.5) is 5.69 Å². The molecule has 0 aromatic heterocycles. The summed E-state index contributed by atoms with van der Waals surface area (Å²) in [6.07, 6.45) is 0. The minimum Gasteiger partial charge on any atom is -0.480 e. The SMILES string of the molecule is Nc1cccc2c1CNC2C(=O)O. The summed E-state index contributed by atoms with van der Waals surface area (Å²) in [5, 5.41) is 11.7. The second kappa shape index (κ2) is 2.74. The predicted octanol–water partition coefficient (Wildman–Crippen LogP) is 0.498. The zero-order chi connectivity index (χ0) is 9.42. The van der Waals surface area contributed by atoms with Crippen molar-refractivity contribution in [2.45, 2.75) is 12.6 Å². The highest BCUT2D eigenvalue weighted by molar-refractivity contribution is 5.78. The maximum Gasteiger partial charge on any atom is 0.325 e. The topological polar surface area (TPSA) is 75.3 Å². The van der Waals surface area contributed by atoms with Gasteiger partial charge in [-0.25, -0.2) is 0 Å². The smallest absolute Gasteiger partial charge is 0.325 e. The summed E-state index contributed by atoms with van der Waals surface area (Å²) in [5.74, 6) is -0.857. The van der Waals surface area contributed by atoms with Gasteiger partial charge in [-0.1, -0.05) is 12.1 Å². The van der Waals surface area contributed by atoms with Crippen molar-refractivity contribution in [3.05, 3.63) is 29.3 Å². The van der Waals surface area contributed by atoms with E-state index in [4.69, 9.17) is 10.8 Å². The molecule has 4 N–H and O–H groups in total. The Kier molecular flexibility index (Phi) is 1.70. The van der Waals surface area contributed by atoms with E-state index in [0.717, 1.165) is 11.1 Å². The largest absolute Gasteiger partial charge is 0.480 e. The van der Waals surface area contributed by atoms with Gasteiger partial charge in [-0.05, 0) is 17.2 Å². The van der Waals surface area contributed by atoms with Gasteiger partial charge in [0, 0.05) is 12.2 Å². The number of nitrogen functional groups attached to an aromatic ring is 1. The van der Waals surface area contributed by atoms with Gasteiger partial charge >= 0.3 is 5.97 Å². The monoisotopic (exact) mass is 178 g/mol. The average Bonchev–Trinajstić information content (AvgIpc) is 2.48. The summed E-state index contributed by atoms with van der Waals surface area (Å²) in [5.41, 5.74) is 8.06. The normalized spacial score (nSPS) is 19.8. The van der Waals surface area contributed by atoms with Crippen LogP contribution >= 0.6 is 0 Å². The van der Waals surface area contributed by atoms with Crippen molar-refractivity contribution in [3.8, 4) is 0 Å². The minimum absolute atomic E-state index is 0.541. The molecule has 68 valence electrons. The third-order valence-electron chi connectivity index (χ3n) is 2.29. The van der Waals surface area contributed by atoms with Gasteiger partial charge in [0.15, 0.2) is 0 Å². The van der Waals surface area contributed by atoms with Crippen molar-refractivity contribution < 1.29 is 9.90 Å². The molecule has 4 heteroatoms. The molecule has 1 aromatic rings. The summed E-state index contributed by atoms with van der Waals surface area (Å²) < 4.78 is 0. The molecule has 1 aliphatic heterocycles. The van der Waals surface area contributed by atoms with E-state index < -0.39 is 12.0 Å². The molecule has 0 aliphatic carbocycles. The van der Waals surface area contributed by atoms with Gasteiger partial charge < -0.3 is 10.8 Å². The molecule has 1 heterocycles. The molecule has 13 heavy (non-hydrogen) atoms. The van der Waals surface area contributed by atoms with Gasteiger partial charge in [0.05, 0.1) is 0 Å². The lowest BCUT2D eigenvalue weighted by atomic mass is 10.0. The van der Waals surface area contributed by atoms with E-state index in [1.807, 2.05) is 0 Å². The molecule has 2 rings (SSSR count). The first-order chi connectivity index (χ1) is 6.20. The number of hydrogen-bond donors (Lipinski definition) is 3. The minimum atomic E-state index is -0.857. The predicted molar refractivity (Wildman–Crippen MR) is 48.1 cm³/mol. The molecule has 0 bridgehead atoms. The number of benzene rings is 1. The maximum atomic E-state index is 10.8. The van der Waals surface area contributed by atoms with E-state index in [1.54, 1.807) is 18.2 Å². The Morgan fingerprint density at radius 2 is 2.38 bits per heavy atom. The first kappa shape index (κ1) is 8.07. The van der Waals surface area contributed by atoms with Crippen molar-refractivity contribution >= 4 is 11.7 Å². The Morgan fingerprint density at radius 3 is 3.08 bits per heavy atom. The van der Waals surface area contributed by atoms with Crippen LogP contribution < -0.4 is 11.1 Å². The molecule has 1 atom stereocenters. The summed E-state index contributed by atoms with van der Waals surface area (Å²) >= 11 is 0. The number of nitrogens with one attached hydrogen (secondary N) is 1. The van der Waals surface area contributed by atoms with Crippen LogP contribution in [-0.2, 0) is 11.3 Å². The van der Waals surface area contributed by atoms with Crippen molar-refractivity contribution in [3.63, 3.8) is 0 Å². The zero-order valence-corrected chi connectivity index (χ0v) is 6.95. The lowest BCUT2D eigenvalue weighted by Crippen LogP contribution is -2.21. The van der Waals surface area contributed by atoms with Crippen molar-refractivity contribution in [1.82, 2.24) is 5.32 Å². The van der Waals surface area contributed by atoms with Crippen LogP contribution in [0.25, 0.3) is 0 Å². The second-order valence-corrected chi connectivity index (χ2v) is 3.07. The van der Waals surface area contributed by atoms with Crippen LogP contribution in [0, 0.1) is 0 Å². The van der Waals surface area contributed by atoms with Crippen LogP contribution in [0.15, 0.2) is 18.2 Å². The Balaban J connectivity index is 2.49. The lowest BCUT2D eigenvalue weighted by molar-refractivity contribution is -0.139. The fraction of sp³-hybridized carbons (Fsp3) is 0.222. The van der Waals surface area contributed by atoms with E-state index in [9.17, 15) is 4.79 Å². The van der Waals surface area contributed by atoms with E-state index in [1.165, 1.54) is 0 Å². The number of rotatable bonds is 1. The second-order valence-electron chi connectivity index (χ2n) is 3.07. The van der Waals surface area contributed by atoms with Gasteiger partial charge in [-0.2, -0.15) is 0 Å². The third-order valence-corrected chi connectivity index (χ3v) is 2.29. The molecular weight excluding hydrogens is 168 g/mol. The number of carboxylic acid groups (broad SMARTS) is 1. The number of hydrogen-bond acceptors (Lipinski definition) is 3. The molecule has 0 spiro atoms. The fourth-order valence-corrected chi connectivity index (χ4v) is 1.63. The van der Waals surface area contributed by atoms with Gasteiger partial charge in [0.1, 0.15) is 6.04 Å². The Labute approximate surface area is 75.4 Å². The van der Waals surface area contributed by atoms with Crippen molar-refractivity contribution in [1.29, 1.82) is 0 Å². The average molecular weight is 178 g/mol. The molecular formula is C9H10N2O2. The summed E-state index contributed by atoms with van der Waals surface area (Å²) in [6, 6.07) is 4.75. The standard InChI is InChI=1S/C9H10N2O2/c10-7-3-1-2-5-6(7)4-11-8(5)9(12)13/h1-3,8,11H,4,10H2,(H,12,13). The molecule has 0 saturated carbocycles. The summed E-state index contributed by atoms with van der Waals surface area (Å²) in [6.45, 7) is 0.541. The number of carboxylic acids is 1. The lowest BCUT2D eigenvalue weighted by Gasteiger charge is -2.05. The van der Waals surface area contributed by atoms with Crippen LogP contribution in [0.3, 0.4) is 0 Å². The van der Waals surface area contributed by atoms with Gasteiger partial charge in [0.2, 0.25) is 0 Å². The van der Waals surface area contributed by atoms with Crippen LogP contribution in [0.2, 0.25) is 0 Å². The molecule has 1 aliphatic rings. The Bertz CT molecular complexity index is 363. The van der Waals surface area contributed by atoms with Gasteiger partial charge in [-0.3, -0.25) is 10.1 Å². The zero-order valence-electron chi connectivity index (χ0n) is 6.95. The molecule has 4 nitrogen and oxygen atoms in total. The molecule has 0 amide bonds. The number of anilines is 1. The quantitative estimate of drug-likeness (QED) is 0.547. The van der Waals surface area contributed by atoms with Crippen LogP contribution in [-0.4, -0.2) is 11.1 Å². The molecule has 0 fully saturated rings. The van der Waals surface area contributed by atoms with Gasteiger partial charge in [-0.15, -0.1) is 0 Å².